The fraction of sp³-hybridized carbons (Fsp3) is 0.200. The number of alkyl halides is 2. The highest BCUT2D eigenvalue weighted by Gasteiger charge is 2.41. The van der Waals surface area contributed by atoms with Crippen molar-refractivity contribution in [3.63, 3.8) is 0 Å². The standard InChI is InChI=1S/C5H4F2N2O2.ClH/c6-5(7,4(10)11)3-1-8-9-2-3;/h1-2H,(H,8,9)(H,10,11);1H. The first-order chi connectivity index (χ1) is 5.05. The fourth-order valence-electron chi connectivity index (χ4n) is 0.546. The number of nitrogens with one attached hydrogen (secondary N) is 1. The van der Waals surface area contributed by atoms with Crippen LogP contribution in [0.4, 0.5) is 8.78 Å². The maximum Gasteiger partial charge on any atom is 0.379 e. The number of aromatic nitrogens is 2. The molecule has 0 aromatic carbocycles. The molecule has 0 aliphatic rings. The molecule has 0 bridgehead atoms. The number of aliphatic carboxylic acids is 1. The molecule has 0 atom stereocenters. The summed E-state index contributed by atoms with van der Waals surface area (Å²) in [5.74, 6) is -6.04. The minimum Gasteiger partial charge on any atom is -0.477 e. The zero-order valence-corrected chi connectivity index (χ0v) is 6.44. The quantitative estimate of drug-likeness (QED) is 0.745. The average Bonchev–Trinajstić information content (AvgIpc) is 2.37. The predicted octanol–water partition coefficient (Wildman–Crippen LogP) is 1.01. The highest BCUT2D eigenvalue weighted by Crippen LogP contribution is 2.26. The summed E-state index contributed by atoms with van der Waals surface area (Å²) in [4.78, 5) is 9.93. The Labute approximate surface area is 72.0 Å². The van der Waals surface area contributed by atoms with E-state index in [0.717, 1.165) is 12.4 Å². The summed E-state index contributed by atoms with van der Waals surface area (Å²) in [5.41, 5.74) is -0.648. The van der Waals surface area contributed by atoms with Crippen LogP contribution in [0, 0.1) is 0 Å². The third-order valence-electron chi connectivity index (χ3n) is 1.13. The number of carbonyl (C=O) groups is 1. The first-order valence-electron chi connectivity index (χ1n) is 2.65. The summed E-state index contributed by atoms with van der Waals surface area (Å²) in [6, 6.07) is 0. The summed E-state index contributed by atoms with van der Waals surface area (Å²) in [7, 11) is 0. The lowest BCUT2D eigenvalue weighted by Gasteiger charge is -2.06. The van der Waals surface area contributed by atoms with Crippen molar-refractivity contribution >= 4 is 18.4 Å². The molecule has 0 saturated heterocycles. The van der Waals surface area contributed by atoms with E-state index in [0.29, 0.717) is 0 Å². The van der Waals surface area contributed by atoms with E-state index in [4.69, 9.17) is 5.11 Å². The molecule has 1 aromatic rings. The van der Waals surface area contributed by atoms with Gasteiger partial charge in [0.25, 0.3) is 0 Å². The van der Waals surface area contributed by atoms with Gasteiger partial charge in [0.2, 0.25) is 0 Å². The molecular formula is C5H5ClF2N2O2. The van der Waals surface area contributed by atoms with E-state index in [1.54, 1.807) is 0 Å². The summed E-state index contributed by atoms with van der Waals surface area (Å²) >= 11 is 0. The Balaban J connectivity index is 0.00000121. The number of aromatic amines is 1. The molecule has 0 spiro atoms. The first-order valence-corrected chi connectivity index (χ1v) is 2.65. The van der Waals surface area contributed by atoms with E-state index in [-0.39, 0.29) is 12.4 Å². The molecular weight excluding hydrogens is 194 g/mol. The molecule has 0 saturated carbocycles. The van der Waals surface area contributed by atoms with Crippen LogP contribution >= 0.6 is 12.4 Å². The van der Waals surface area contributed by atoms with E-state index < -0.39 is 17.5 Å². The maximum atomic E-state index is 12.5. The largest absolute Gasteiger partial charge is 0.477 e. The van der Waals surface area contributed by atoms with Crippen LogP contribution < -0.4 is 0 Å². The molecule has 0 aliphatic carbocycles. The average molecular weight is 199 g/mol. The zero-order chi connectivity index (χ0) is 8.48. The lowest BCUT2D eigenvalue weighted by Crippen LogP contribution is -2.24. The molecule has 12 heavy (non-hydrogen) atoms. The number of hydrogen-bond donors (Lipinski definition) is 2. The van der Waals surface area contributed by atoms with Gasteiger partial charge in [0, 0.05) is 6.20 Å². The van der Waals surface area contributed by atoms with E-state index in [1.165, 1.54) is 0 Å². The van der Waals surface area contributed by atoms with Gasteiger partial charge in [0.15, 0.2) is 0 Å². The molecule has 1 aromatic heterocycles. The van der Waals surface area contributed by atoms with Crippen molar-refractivity contribution in [3.8, 4) is 0 Å². The third-order valence-corrected chi connectivity index (χ3v) is 1.13. The minimum atomic E-state index is -3.85. The van der Waals surface area contributed by atoms with Crippen molar-refractivity contribution in [3.05, 3.63) is 18.0 Å². The molecule has 7 heteroatoms. The number of halogens is 3. The molecule has 68 valence electrons. The van der Waals surface area contributed by atoms with Gasteiger partial charge in [-0.1, -0.05) is 0 Å². The molecule has 1 heterocycles. The van der Waals surface area contributed by atoms with Crippen molar-refractivity contribution in [1.29, 1.82) is 0 Å². The second-order valence-electron chi connectivity index (χ2n) is 1.87. The van der Waals surface area contributed by atoms with Crippen molar-refractivity contribution in [2.45, 2.75) is 5.92 Å². The summed E-state index contributed by atoms with van der Waals surface area (Å²) < 4.78 is 24.9. The van der Waals surface area contributed by atoms with Gasteiger partial charge in [-0.25, -0.2) is 4.79 Å². The smallest absolute Gasteiger partial charge is 0.379 e. The predicted molar refractivity (Wildman–Crippen MR) is 37.4 cm³/mol. The number of rotatable bonds is 2. The summed E-state index contributed by atoms with van der Waals surface area (Å²) in [6.45, 7) is 0. The Morgan fingerprint density at radius 1 is 1.67 bits per heavy atom. The van der Waals surface area contributed by atoms with Crippen LogP contribution in [0.25, 0.3) is 0 Å². The van der Waals surface area contributed by atoms with Crippen molar-refractivity contribution in [2.75, 3.05) is 0 Å². The number of hydrogen-bond acceptors (Lipinski definition) is 2. The van der Waals surface area contributed by atoms with E-state index in [9.17, 15) is 13.6 Å². The second kappa shape index (κ2) is 3.48. The van der Waals surface area contributed by atoms with Crippen molar-refractivity contribution in [2.24, 2.45) is 0 Å². The second-order valence-corrected chi connectivity index (χ2v) is 1.87. The molecule has 0 amide bonds. The van der Waals surface area contributed by atoms with Crippen LogP contribution in [-0.2, 0) is 10.7 Å². The highest BCUT2D eigenvalue weighted by atomic mass is 35.5. The van der Waals surface area contributed by atoms with Gasteiger partial charge in [-0.05, 0) is 0 Å². The molecule has 0 fully saturated rings. The Kier molecular flexibility index (Phi) is 3.15. The molecule has 0 unspecified atom stereocenters. The van der Waals surface area contributed by atoms with Crippen LogP contribution in [0.2, 0.25) is 0 Å². The van der Waals surface area contributed by atoms with Crippen molar-refractivity contribution in [1.82, 2.24) is 10.2 Å². The van der Waals surface area contributed by atoms with E-state index >= 15 is 0 Å². The molecule has 1 rings (SSSR count). The van der Waals surface area contributed by atoms with Gasteiger partial charge >= 0.3 is 11.9 Å². The van der Waals surface area contributed by atoms with Gasteiger partial charge in [-0.2, -0.15) is 13.9 Å². The van der Waals surface area contributed by atoms with E-state index in [2.05, 4.69) is 10.2 Å². The topological polar surface area (TPSA) is 66.0 Å². The normalized spacial score (nSPS) is 10.5. The minimum absolute atomic E-state index is 0. The molecule has 2 N–H and O–H groups in total. The lowest BCUT2D eigenvalue weighted by atomic mass is 10.2. The number of carboxylic acids is 1. The third kappa shape index (κ3) is 1.70. The molecule has 0 radical (unpaired) electrons. The van der Waals surface area contributed by atoms with Gasteiger partial charge < -0.3 is 5.11 Å². The Bertz CT molecular complexity index is 262. The zero-order valence-electron chi connectivity index (χ0n) is 5.62. The summed E-state index contributed by atoms with van der Waals surface area (Å²) in [6.07, 6.45) is 1.61. The van der Waals surface area contributed by atoms with Crippen LogP contribution in [0.3, 0.4) is 0 Å². The van der Waals surface area contributed by atoms with Gasteiger partial charge in [0.1, 0.15) is 0 Å². The van der Waals surface area contributed by atoms with E-state index in [1.807, 2.05) is 0 Å². The fourth-order valence-corrected chi connectivity index (χ4v) is 0.546. The van der Waals surface area contributed by atoms with Gasteiger partial charge in [0.05, 0.1) is 11.8 Å². The van der Waals surface area contributed by atoms with Crippen molar-refractivity contribution < 1.29 is 18.7 Å². The Morgan fingerprint density at radius 2 is 2.25 bits per heavy atom. The Hall–Kier alpha value is -1.17. The Morgan fingerprint density at radius 3 is 2.58 bits per heavy atom. The first kappa shape index (κ1) is 10.8. The SMILES string of the molecule is Cl.O=C(O)C(F)(F)c1cn[nH]c1. The molecule has 0 aliphatic heterocycles. The highest BCUT2D eigenvalue weighted by molar-refractivity contribution is 5.85. The van der Waals surface area contributed by atoms with Crippen LogP contribution in [0.5, 0.6) is 0 Å². The lowest BCUT2D eigenvalue weighted by molar-refractivity contribution is -0.166. The number of nitrogens with zero attached hydrogens (tertiary/aromatic N) is 1. The van der Waals surface area contributed by atoms with Gasteiger partial charge in [-0.3, -0.25) is 5.10 Å². The number of carboxylic acid groups (broad SMARTS) is 1. The monoisotopic (exact) mass is 198 g/mol. The van der Waals surface area contributed by atoms with Gasteiger partial charge in [-0.15, -0.1) is 12.4 Å². The summed E-state index contributed by atoms with van der Waals surface area (Å²) in [5, 5.41) is 13.3. The van der Waals surface area contributed by atoms with Crippen LogP contribution in [0.1, 0.15) is 5.56 Å². The molecule has 4 nitrogen and oxygen atoms in total. The van der Waals surface area contributed by atoms with Crippen LogP contribution in [0.15, 0.2) is 12.4 Å². The number of H-pyrrole nitrogens is 1. The van der Waals surface area contributed by atoms with Crippen LogP contribution in [-0.4, -0.2) is 21.3 Å². The maximum absolute atomic E-state index is 12.5.